The Kier molecular flexibility index (Phi) is 3.62. The number of halogens is 2. The number of aliphatic hydroxyl groups excluding tert-OH is 1. The zero-order valence-corrected chi connectivity index (χ0v) is 7.80. The molecule has 1 aliphatic rings. The van der Waals surface area contributed by atoms with Crippen molar-refractivity contribution >= 4 is 0 Å². The maximum Gasteiger partial charge on any atom is 0.248 e. The molecule has 1 fully saturated rings. The van der Waals surface area contributed by atoms with Crippen molar-refractivity contribution in [2.24, 2.45) is 5.92 Å². The van der Waals surface area contributed by atoms with Crippen LogP contribution in [-0.4, -0.2) is 24.4 Å². The molecule has 0 saturated heterocycles. The van der Waals surface area contributed by atoms with E-state index in [0.717, 1.165) is 0 Å². The first kappa shape index (κ1) is 10.9. The Labute approximate surface area is 76.9 Å². The molecule has 0 radical (unpaired) electrons. The molecule has 4 heteroatoms. The van der Waals surface area contributed by atoms with Crippen molar-refractivity contribution in [1.82, 2.24) is 0 Å². The van der Waals surface area contributed by atoms with Crippen molar-refractivity contribution in [2.45, 2.75) is 44.3 Å². The summed E-state index contributed by atoms with van der Waals surface area (Å²) in [7, 11) is 1.42. The molecule has 0 aliphatic heterocycles. The lowest BCUT2D eigenvalue weighted by molar-refractivity contribution is -0.102. The summed E-state index contributed by atoms with van der Waals surface area (Å²) in [5, 5.41) is 9.13. The number of hydrogen-bond acceptors (Lipinski definition) is 2. The highest BCUT2D eigenvalue weighted by molar-refractivity contribution is 4.77. The normalized spacial score (nSPS) is 25.8. The van der Waals surface area contributed by atoms with Crippen LogP contribution < -0.4 is 0 Å². The Morgan fingerprint density at radius 2 is 2.00 bits per heavy atom. The molecule has 0 spiro atoms. The number of aliphatic hydroxyl groups is 1. The van der Waals surface area contributed by atoms with Crippen molar-refractivity contribution in [2.75, 3.05) is 7.11 Å². The van der Waals surface area contributed by atoms with Crippen LogP contribution in [0.3, 0.4) is 0 Å². The monoisotopic (exact) mass is 194 g/mol. The van der Waals surface area contributed by atoms with E-state index >= 15 is 0 Å². The van der Waals surface area contributed by atoms with Crippen molar-refractivity contribution < 1.29 is 18.6 Å². The van der Waals surface area contributed by atoms with Gasteiger partial charge in [-0.1, -0.05) is 0 Å². The second-order valence-electron chi connectivity index (χ2n) is 3.73. The van der Waals surface area contributed by atoms with Gasteiger partial charge in [-0.3, -0.25) is 0 Å². The molecule has 1 N–H and O–H groups in total. The number of ether oxygens (including phenoxy) is 1. The number of hydrogen-bond donors (Lipinski definition) is 1. The van der Waals surface area contributed by atoms with Crippen molar-refractivity contribution in [3.05, 3.63) is 0 Å². The highest BCUT2D eigenvalue weighted by atomic mass is 19.3. The third kappa shape index (κ3) is 3.56. The average molecular weight is 194 g/mol. The van der Waals surface area contributed by atoms with Gasteiger partial charge in [-0.2, -0.15) is 0 Å². The maximum atomic E-state index is 12.7. The minimum Gasteiger partial charge on any atom is -0.368 e. The predicted octanol–water partition coefficient (Wildman–Crippen LogP) is 2.17. The van der Waals surface area contributed by atoms with E-state index in [1.165, 1.54) is 7.11 Å². The van der Waals surface area contributed by atoms with E-state index in [4.69, 9.17) is 5.11 Å². The van der Waals surface area contributed by atoms with Crippen LogP contribution in [0, 0.1) is 5.92 Å². The fraction of sp³-hybridized carbons (Fsp3) is 1.00. The van der Waals surface area contributed by atoms with Crippen LogP contribution in [0.1, 0.15) is 32.1 Å². The lowest BCUT2D eigenvalue weighted by Gasteiger charge is -2.29. The van der Waals surface area contributed by atoms with Gasteiger partial charge in [0.15, 0.2) is 6.29 Å². The molecule has 1 unspecified atom stereocenters. The van der Waals surface area contributed by atoms with Crippen LogP contribution in [0.5, 0.6) is 0 Å². The van der Waals surface area contributed by atoms with Crippen molar-refractivity contribution in [1.29, 1.82) is 0 Å². The predicted molar refractivity (Wildman–Crippen MR) is 44.5 cm³/mol. The minimum atomic E-state index is -2.48. The lowest BCUT2D eigenvalue weighted by atomic mass is 9.85. The van der Waals surface area contributed by atoms with E-state index in [-0.39, 0.29) is 18.8 Å². The van der Waals surface area contributed by atoms with Gasteiger partial charge in [0.2, 0.25) is 5.92 Å². The zero-order valence-electron chi connectivity index (χ0n) is 7.80. The number of rotatable bonds is 3. The highest BCUT2D eigenvalue weighted by Gasteiger charge is 2.35. The molecule has 1 aliphatic carbocycles. The molecule has 0 aromatic heterocycles. The van der Waals surface area contributed by atoms with E-state index in [1.54, 1.807) is 0 Å². The van der Waals surface area contributed by atoms with Crippen molar-refractivity contribution in [3.8, 4) is 0 Å². The standard InChI is InChI=1S/C9H16F2O2/c1-13-8(12)6-7-2-4-9(10,11)5-3-7/h7-8,12H,2-6H2,1H3. The van der Waals surface area contributed by atoms with Gasteiger partial charge in [0.25, 0.3) is 0 Å². The van der Waals surface area contributed by atoms with Gasteiger partial charge in [-0.25, -0.2) is 8.78 Å². The lowest BCUT2D eigenvalue weighted by Crippen LogP contribution is -2.27. The van der Waals surface area contributed by atoms with Gasteiger partial charge in [0.05, 0.1) is 0 Å². The Morgan fingerprint density at radius 1 is 1.46 bits per heavy atom. The second-order valence-corrected chi connectivity index (χ2v) is 3.73. The van der Waals surface area contributed by atoms with E-state index in [0.29, 0.717) is 19.3 Å². The largest absolute Gasteiger partial charge is 0.368 e. The maximum absolute atomic E-state index is 12.7. The minimum absolute atomic E-state index is 0.0475. The summed E-state index contributed by atoms with van der Waals surface area (Å²) in [6.45, 7) is 0. The molecule has 13 heavy (non-hydrogen) atoms. The van der Waals surface area contributed by atoms with E-state index in [9.17, 15) is 8.78 Å². The Balaban J connectivity index is 2.25. The summed E-state index contributed by atoms with van der Waals surface area (Å²) in [6.07, 6.45) is 0.576. The molecule has 1 rings (SSSR count). The molecule has 0 aromatic rings. The summed E-state index contributed by atoms with van der Waals surface area (Å²) in [5.74, 6) is -2.29. The Bertz CT molecular complexity index is 152. The number of alkyl halides is 2. The third-order valence-electron chi connectivity index (χ3n) is 2.64. The van der Waals surface area contributed by atoms with Crippen molar-refractivity contribution in [3.63, 3.8) is 0 Å². The van der Waals surface area contributed by atoms with Gasteiger partial charge in [0, 0.05) is 26.4 Å². The molecule has 2 nitrogen and oxygen atoms in total. The quantitative estimate of drug-likeness (QED) is 0.698. The van der Waals surface area contributed by atoms with Crippen LogP contribution in [0.2, 0.25) is 0 Å². The van der Waals surface area contributed by atoms with Gasteiger partial charge in [-0.15, -0.1) is 0 Å². The molecule has 78 valence electrons. The van der Waals surface area contributed by atoms with Crippen LogP contribution in [0.4, 0.5) is 8.78 Å². The smallest absolute Gasteiger partial charge is 0.248 e. The summed E-state index contributed by atoms with van der Waals surface area (Å²) >= 11 is 0. The first-order valence-electron chi connectivity index (χ1n) is 4.62. The summed E-state index contributed by atoms with van der Waals surface area (Å²) in [4.78, 5) is 0. The summed E-state index contributed by atoms with van der Waals surface area (Å²) in [6, 6.07) is 0. The molecule has 1 atom stereocenters. The zero-order chi connectivity index (χ0) is 9.90. The molecule has 0 heterocycles. The van der Waals surface area contributed by atoms with Crippen LogP contribution in [0.25, 0.3) is 0 Å². The summed E-state index contributed by atoms with van der Waals surface area (Å²) in [5.41, 5.74) is 0. The van der Waals surface area contributed by atoms with Crippen LogP contribution >= 0.6 is 0 Å². The van der Waals surface area contributed by atoms with E-state index in [2.05, 4.69) is 4.74 Å². The third-order valence-corrected chi connectivity index (χ3v) is 2.64. The fourth-order valence-electron chi connectivity index (χ4n) is 1.72. The first-order valence-corrected chi connectivity index (χ1v) is 4.62. The number of methoxy groups -OCH3 is 1. The van der Waals surface area contributed by atoms with Gasteiger partial charge < -0.3 is 9.84 Å². The molecule has 1 saturated carbocycles. The topological polar surface area (TPSA) is 29.5 Å². The molecule has 0 aromatic carbocycles. The Hall–Kier alpha value is -0.220. The summed E-state index contributed by atoms with van der Waals surface area (Å²) < 4.78 is 30.1. The van der Waals surface area contributed by atoms with Gasteiger partial charge >= 0.3 is 0 Å². The first-order chi connectivity index (χ1) is 6.03. The molecule has 0 bridgehead atoms. The molecular weight excluding hydrogens is 178 g/mol. The average Bonchev–Trinajstić information content (AvgIpc) is 2.08. The van der Waals surface area contributed by atoms with Gasteiger partial charge in [0.1, 0.15) is 0 Å². The fourth-order valence-corrected chi connectivity index (χ4v) is 1.72. The molecular formula is C9H16F2O2. The SMILES string of the molecule is COC(O)CC1CCC(F)(F)CC1. The van der Waals surface area contributed by atoms with Gasteiger partial charge in [-0.05, 0) is 18.8 Å². The molecule has 0 amide bonds. The van der Waals surface area contributed by atoms with Crippen LogP contribution in [-0.2, 0) is 4.74 Å². The van der Waals surface area contributed by atoms with E-state index in [1.807, 2.05) is 0 Å². The Morgan fingerprint density at radius 3 is 2.46 bits per heavy atom. The van der Waals surface area contributed by atoms with E-state index < -0.39 is 12.2 Å². The van der Waals surface area contributed by atoms with Crippen LogP contribution in [0.15, 0.2) is 0 Å². The second kappa shape index (κ2) is 4.33. The highest BCUT2D eigenvalue weighted by Crippen LogP contribution is 2.37.